The smallest absolute Gasteiger partial charge is 0.548 e. The van der Waals surface area contributed by atoms with Crippen molar-refractivity contribution in [3.63, 3.8) is 0 Å². The van der Waals surface area contributed by atoms with Crippen LogP contribution in [0.25, 0.3) is 0 Å². The predicted octanol–water partition coefficient (Wildman–Crippen LogP) is -1.94. The Morgan fingerprint density at radius 3 is 2.00 bits per heavy atom. The zero-order valence-electron chi connectivity index (χ0n) is 15.1. The van der Waals surface area contributed by atoms with Crippen LogP contribution in [0.1, 0.15) is 64.7 Å². The molecule has 24 heavy (non-hydrogen) atoms. The molecule has 0 aromatic heterocycles. The van der Waals surface area contributed by atoms with Crippen molar-refractivity contribution in [2.24, 2.45) is 0 Å². The predicted molar refractivity (Wildman–Crippen MR) is 87.4 cm³/mol. The van der Waals surface area contributed by atoms with Gasteiger partial charge in [-0.1, -0.05) is 45.1 Å². The van der Waals surface area contributed by atoms with Crippen LogP contribution in [0.3, 0.4) is 0 Å². The van der Waals surface area contributed by atoms with Crippen molar-refractivity contribution in [1.82, 2.24) is 10.6 Å². The van der Waals surface area contributed by atoms with Gasteiger partial charge in [0, 0.05) is 13.0 Å². The fourth-order valence-corrected chi connectivity index (χ4v) is 2.13. The van der Waals surface area contributed by atoms with Crippen LogP contribution in [0.15, 0.2) is 12.7 Å². The van der Waals surface area contributed by atoms with Crippen LogP contribution in [-0.2, 0) is 14.4 Å². The minimum atomic E-state index is -1.26. The number of carboxylic acid groups (broad SMARTS) is 1. The summed E-state index contributed by atoms with van der Waals surface area (Å²) in [7, 11) is 0. The van der Waals surface area contributed by atoms with Gasteiger partial charge in [-0.05, 0) is 25.8 Å². The molecule has 0 aliphatic carbocycles. The summed E-state index contributed by atoms with van der Waals surface area (Å²) in [4.78, 5) is 32.8. The van der Waals surface area contributed by atoms with E-state index in [-0.39, 0.29) is 41.4 Å². The molecule has 0 saturated heterocycles. The SMILES string of the molecule is C=CC(=O)NCCCCCCCCCCC(=O)N[C@@H](C)C(=O)[O-].[Na+]. The molecule has 0 spiro atoms. The van der Waals surface area contributed by atoms with Crippen LogP contribution in [0, 0.1) is 0 Å². The molecule has 0 heterocycles. The molecule has 0 bridgehead atoms. The normalized spacial score (nSPS) is 11.0. The van der Waals surface area contributed by atoms with E-state index in [4.69, 9.17) is 0 Å². The van der Waals surface area contributed by atoms with Crippen LogP contribution < -0.4 is 45.3 Å². The van der Waals surface area contributed by atoms with Gasteiger partial charge in [0.2, 0.25) is 11.8 Å². The molecule has 0 saturated carbocycles. The largest absolute Gasteiger partial charge is 1.00 e. The summed E-state index contributed by atoms with van der Waals surface area (Å²) in [5, 5.41) is 15.6. The van der Waals surface area contributed by atoms with Crippen molar-refractivity contribution >= 4 is 17.8 Å². The molecule has 0 aliphatic rings. The first-order valence-corrected chi connectivity index (χ1v) is 8.38. The van der Waals surface area contributed by atoms with E-state index in [0.29, 0.717) is 13.0 Å². The molecule has 0 radical (unpaired) electrons. The van der Waals surface area contributed by atoms with E-state index in [1.807, 2.05) is 0 Å². The number of rotatable bonds is 14. The molecule has 7 heteroatoms. The number of carboxylic acids is 1. The van der Waals surface area contributed by atoms with Gasteiger partial charge in [0.25, 0.3) is 0 Å². The second-order valence-corrected chi connectivity index (χ2v) is 5.68. The molecule has 2 amide bonds. The van der Waals surface area contributed by atoms with Crippen molar-refractivity contribution in [3.8, 4) is 0 Å². The summed E-state index contributed by atoms with van der Waals surface area (Å²) < 4.78 is 0. The Hall–Kier alpha value is -0.850. The molecule has 0 aliphatic heterocycles. The average Bonchev–Trinajstić information content (AvgIpc) is 2.51. The number of hydrogen-bond acceptors (Lipinski definition) is 4. The van der Waals surface area contributed by atoms with Crippen LogP contribution >= 0.6 is 0 Å². The summed E-state index contributed by atoms with van der Waals surface area (Å²) in [6.07, 6.45) is 9.99. The van der Waals surface area contributed by atoms with Gasteiger partial charge in [-0.3, -0.25) is 9.59 Å². The van der Waals surface area contributed by atoms with Gasteiger partial charge in [-0.2, -0.15) is 0 Å². The molecule has 2 N–H and O–H groups in total. The number of amides is 2. The van der Waals surface area contributed by atoms with E-state index in [9.17, 15) is 19.5 Å². The second-order valence-electron chi connectivity index (χ2n) is 5.68. The van der Waals surface area contributed by atoms with Crippen LogP contribution in [0.5, 0.6) is 0 Å². The molecule has 0 fully saturated rings. The topological polar surface area (TPSA) is 98.3 Å². The summed E-state index contributed by atoms with van der Waals surface area (Å²) in [5.74, 6) is -1.62. The van der Waals surface area contributed by atoms with Gasteiger partial charge in [-0.25, -0.2) is 0 Å². The van der Waals surface area contributed by atoms with Crippen LogP contribution in [0.4, 0.5) is 0 Å². The summed E-state index contributed by atoms with van der Waals surface area (Å²) in [6.45, 7) is 5.49. The number of carbonyl (C=O) groups is 3. The van der Waals surface area contributed by atoms with Gasteiger partial charge < -0.3 is 20.5 Å². The Labute approximate surface area is 167 Å². The van der Waals surface area contributed by atoms with Crippen LogP contribution in [-0.4, -0.2) is 30.4 Å². The Morgan fingerprint density at radius 2 is 1.50 bits per heavy atom. The number of hydrogen-bond donors (Lipinski definition) is 2. The van der Waals surface area contributed by atoms with Gasteiger partial charge in [0.15, 0.2) is 0 Å². The first kappa shape index (κ1) is 25.4. The minimum Gasteiger partial charge on any atom is -0.548 e. The van der Waals surface area contributed by atoms with Gasteiger partial charge >= 0.3 is 29.6 Å². The van der Waals surface area contributed by atoms with Gasteiger partial charge in [0.05, 0.1) is 12.0 Å². The Kier molecular flexibility index (Phi) is 18.0. The summed E-state index contributed by atoms with van der Waals surface area (Å²) >= 11 is 0. The van der Waals surface area contributed by atoms with Crippen molar-refractivity contribution < 1.29 is 49.0 Å². The molecular weight excluding hydrogens is 319 g/mol. The Balaban J connectivity index is 0. The minimum absolute atomic E-state index is 0. The quantitative estimate of drug-likeness (QED) is 0.217. The first-order valence-electron chi connectivity index (χ1n) is 8.38. The standard InChI is InChI=1S/C17H30N2O4.Na/c1-3-15(20)18-13-11-9-7-5-4-6-8-10-12-16(21)19-14(2)17(22)23;/h3,14H,1,4-13H2,2H3,(H,18,20)(H,19,21)(H,22,23);/q;+1/p-1/t14-;/m0./s1. The van der Waals surface area contributed by atoms with E-state index < -0.39 is 12.0 Å². The maximum absolute atomic E-state index is 11.4. The third kappa shape index (κ3) is 16.0. The first-order chi connectivity index (χ1) is 11.0. The van der Waals surface area contributed by atoms with Crippen molar-refractivity contribution in [3.05, 3.63) is 12.7 Å². The molecule has 0 aromatic rings. The fraction of sp³-hybridized carbons (Fsp3) is 0.706. The third-order valence-corrected chi connectivity index (χ3v) is 3.55. The van der Waals surface area contributed by atoms with Gasteiger partial charge in [0.1, 0.15) is 0 Å². The van der Waals surface area contributed by atoms with Crippen molar-refractivity contribution in [1.29, 1.82) is 0 Å². The third-order valence-electron chi connectivity index (χ3n) is 3.55. The van der Waals surface area contributed by atoms with E-state index in [1.54, 1.807) is 0 Å². The number of aliphatic carboxylic acids is 1. The second kappa shape index (κ2) is 17.0. The Bertz CT molecular complexity index is 389. The number of carbonyl (C=O) groups excluding carboxylic acids is 3. The van der Waals surface area contributed by atoms with Crippen molar-refractivity contribution in [2.75, 3.05) is 6.54 Å². The molecule has 132 valence electrons. The summed E-state index contributed by atoms with van der Waals surface area (Å²) in [6, 6.07) is -0.932. The number of unbranched alkanes of at least 4 members (excludes halogenated alkanes) is 7. The average molecular weight is 348 g/mol. The summed E-state index contributed by atoms with van der Waals surface area (Å²) in [5.41, 5.74) is 0. The molecule has 0 aromatic carbocycles. The molecule has 1 atom stereocenters. The molecule has 0 unspecified atom stereocenters. The molecule has 0 rings (SSSR count). The van der Waals surface area contributed by atoms with Gasteiger partial charge in [-0.15, -0.1) is 0 Å². The monoisotopic (exact) mass is 348 g/mol. The maximum Gasteiger partial charge on any atom is 1.00 e. The molecular formula is C17H29N2NaO4. The fourth-order valence-electron chi connectivity index (χ4n) is 2.13. The van der Waals surface area contributed by atoms with Crippen LogP contribution in [0.2, 0.25) is 0 Å². The number of nitrogens with one attached hydrogen (secondary N) is 2. The zero-order valence-corrected chi connectivity index (χ0v) is 17.1. The van der Waals surface area contributed by atoms with Crippen molar-refractivity contribution in [2.45, 2.75) is 70.8 Å². The maximum atomic E-state index is 11.4. The molecule has 6 nitrogen and oxygen atoms in total. The van der Waals surface area contributed by atoms with E-state index in [0.717, 1.165) is 51.4 Å². The van der Waals surface area contributed by atoms with E-state index >= 15 is 0 Å². The Morgan fingerprint density at radius 1 is 1.00 bits per heavy atom. The van der Waals surface area contributed by atoms with E-state index in [1.165, 1.54) is 13.0 Å². The zero-order chi connectivity index (χ0) is 17.5. The van der Waals surface area contributed by atoms with E-state index in [2.05, 4.69) is 17.2 Å².